The molecular weight excluding hydrogens is 264 g/mol. The lowest BCUT2D eigenvalue weighted by molar-refractivity contribution is -0.126. The quantitative estimate of drug-likeness (QED) is 0.539. The highest BCUT2D eigenvalue weighted by molar-refractivity contribution is 7.80. The number of carbonyl (C=O) groups excluding carboxylic acids is 1. The first-order chi connectivity index (χ1) is 9.13. The van der Waals surface area contributed by atoms with Crippen LogP contribution in [0, 0.1) is 0 Å². The molecule has 104 valence electrons. The van der Waals surface area contributed by atoms with E-state index in [2.05, 4.69) is 5.32 Å². The van der Waals surface area contributed by atoms with Gasteiger partial charge in [0.1, 0.15) is 11.6 Å². The number of carbonyl (C=O) groups is 1. The molecule has 0 aromatic heterocycles. The lowest BCUT2D eigenvalue weighted by atomic mass is 10.1. The van der Waals surface area contributed by atoms with Crippen LogP contribution in [0.5, 0.6) is 0 Å². The third-order valence-electron chi connectivity index (χ3n) is 2.39. The Morgan fingerprint density at radius 1 is 1.32 bits per heavy atom. The summed E-state index contributed by atoms with van der Waals surface area (Å²) in [6, 6.07) is 7.42. The minimum absolute atomic E-state index is 0.0360. The zero-order valence-corrected chi connectivity index (χ0v) is 11.7. The molecule has 0 saturated carbocycles. The number of methoxy groups -OCH3 is 1. The van der Waals surface area contributed by atoms with Crippen molar-refractivity contribution in [2.24, 2.45) is 5.73 Å². The second kappa shape index (κ2) is 8.58. The van der Waals surface area contributed by atoms with Gasteiger partial charge in [0.2, 0.25) is 5.91 Å². The Labute approximate surface area is 118 Å². The topological polar surface area (TPSA) is 73.6 Å². The van der Waals surface area contributed by atoms with E-state index in [0.717, 1.165) is 11.1 Å². The van der Waals surface area contributed by atoms with E-state index in [0.29, 0.717) is 24.7 Å². The van der Waals surface area contributed by atoms with Crippen LogP contribution in [0.2, 0.25) is 0 Å². The molecule has 1 aromatic carbocycles. The lowest BCUT2D eigenvalue weighted by Crippen LogP contribution is -2.27. The second-order valence-electron chi connectivity index (χ2n) is 3.88. The SMILES string of the molecule is COCCOCC(=O)NCc1ccc(C(N)=S)cc1. The molecule has 0 aliphatic heterocycles. The maximum Gasteiger partial charge on any atom is 0.246 e. The Kier molecular flexibility index (Phi) is 7.02. The third kappa shape index (κ3) is 6.28. The van der Waals surface area contributed by atoms with E-state index in [1.54, 1.807) is 7.11 Å². The molecule has 0 heterocycles. The second-order valence-corrected chi connectivity index (χ2v) is 4.32. The van der Waals surface area contributed by atoms with Crippen molar-refractivity contribution in [3.05, 3.63) is 35.4 Å². The molecule has 19 heavy (non-hydrogen) atoms. The third-order valence-corrected chi connectivity index (χ3v) is 2.63. The van der Waals surface area contributed by atoms with Crippen LogP contribution >= 0.6 is 12.2 Å². The molecule has 0 aliphatic carbocycles. The van der Waals surface area contributed by atoms with Crippen molar-refractivity contribution in [2.75, 3.05) is 26.9 Å². The van der Waals surface area contributed by atoms with E-state index in [1.807, 2.05) is 24.3 Å². The maximum absolute atomic E-state index is 11.4. The average molecular weight is 282 g/mol. The Morgan fingerprint density at radius 2 is 2.00 bits per heavy atom. The van der Waals surface area contributed by atoms with Crippen molar-refractivity contribution >= 4 is 23.1 Å². The van der Waals surface area contributed by atoms with Crippen LogP contribution in [0.4, 0.5) is 0 Å². The van der Waals surface area contributed by atoms with E-state index < -0.39 is 0 Å². The molecule has 0 aliphatic rings. The van der Waals surface area contributed by atoms with Crippen LogP contribution in [0.1, 0.15) is 11.1 Å². The molecule has 0 atom stereocenters. The van der Waals surface area contributed by atoms with E-state index in [4.69, 9.17) is 27.4 Å². The number of nitrogens with two attached hydrogens (primary N) is 1. The predicted octanol–water partition coefficient (Wildman–Crippen LogP) is 0.600. The molecule has 0 fully saturated rings. The van der Waals surface area contributed by atoms with Crippen molar-refractivity contribution in [3.8, 4) is 0 Å². The number of hydrogen-bond donors (Lipinski definition) is 2. The lowest BCUT2D eigenvalue weighted by Gasteiger charge is -2.07. The summed E-state index contributed by atoms with van der Waals surface area (Å²) in [7, 11) is 1.58. The number of nitrogens with one attached hydrogen (secondary N) is 1. The fourth-order valence-electron chi connectivity index (χ4n) is 1.35. The summed E-state index contributed by atoms with van der Waals surface area (Å²) in [4.78, 5) is 11.8. The van der Waals surface area contributed by atoms with Gasteiger partial charge in [0.15, 0.2) is 0 Å². The van der Waals surface area contributed by atoms with Crippen LogP contribution < -0.4 is 11.1 Å². The van der Waals surface area contributed by atoms with Crippen LogP contribution in [-0.4, -0.2) is 37.8 Å². The first kappa shape index (κ1) is 15.6. The van der Waals surface area contributed by atoms with Crippen LogP contribution in [0.3, 0.4) is 0 Å². The maximum atomic E-state index is 11.4. The molecule has 3 N–H and O–H groups in total. The van der Waals surface area contributed by atoms with E-state index in [1.165, 1.54) is 0 Å². The number of benzene rings is 1. The predicted molar refractivity (Wildman–Crippen MR) is 76.9 cm³/mol. The van der Waals surface area contributed by atoms with Crippen molar-refractivity contribution in [1.82, 2.24) is 5.32 Å². The summed E-state index contributed by atoms with van der Waals surface area (Å²) in [5.74, 6) is -0.158. The van der Waals surface area contributed by atoms with Crippen LogP contribution in [0.15, 0.2) is 24.3 Å². The van der Waals surface area contributed by atoms with Crippen molar-refractivity contribution in [2.45, 2.75) is 6.54 Å². The first-order valence-corrected chi connectivity index (χ1v) is 6.26. The van der Waals surface area contributed by atoms with Crippen LogP contribution in [0.25, 0.3) is 0 Å². The summed E-state index contributed by atoms with van der Waals surface area (Å²) >= 11 is 4.86. The molecule has 6 heteroatoms. The Balaban J connectivity index is 2.28. The number of hydrogen-bond acceptors (Lipinski definition) is 4. The van der Waals surface area contributed by atoms with Crippen molar-refractivity contribution in [3.63, 3.8) is 0 Å². The summed E-state index contributed by atoms with van der Waals surface area (Å²) in [5.41, 5.74) is 7.29. The highest BCUT2D eigenvalue weighted by atomic mass is 32.1. The molecule has 0 radical (unpaired) electrons. The minimum Gasteiger partial charge on any atom is -0.389 e. The Morgan fingerprint density at radius 3 is 2.58 bits per heavy atom. The monoisotopic (exact) mass is 282 g/mol. The van der Waals surface area contributed by atoms with E-state index in [-0.39, 0.29) is 12.5 Å². The smallest absolute Gasteiger partial charge is 0.246 e. The van der Waals surface area contributed by atoms with Gasteiger partial charge in [-0.05, 0) is 5.56 Å². The number of rotatable bonds is 8. The van der Waals surface area contributed by atoms with E-state index in [9.17, 15) is 4.79 Å². The summed E-state index contributed by atoms with van der Waals surface area (Å²) < 4.78 is 9.91. The Bertz CT molecular complexity index is 420. The zero-order chi connectivity index (χ0) is 14.1. The van der Waals surface area contributed by atoms with Gasteiger partial charge < -0.3 is 20.5 Å². The number of ether oxygens (including phenoxy) is 2. The van der Waals surface area contributed by atoms with Gasteiger partial charge in [0, 0.05) is 19.2 Å². The summed E-state index contributed by atoms with van der Waals surface area (Å²) in [6.45, 7) is 1.37. The van der Waals surface area contributed by atoms with Gasteiger partial charge in [-0.25, -0.2) is 0 Å². The number of thiocarbonyl (C=S) groups is 1. The molecule has 1 amide bonds. The molecule has 0 bridgehead atoms. The molecule has 1 rings (SSSR count). The van der Waals surface area contributed by atoms with Crippen molar-refractivity contribution in [1.29, 1.82) is 0 Å². The van der Waals surface area contributed by atoms with Crippen molar-refractivity contribution < 1.29 is 14.3 Å². The van der Waals surface area contributed by atoms with Gasteiger partial charge >= 0.3 is 0 Å². The zero-order valence-electron chi connectivity index (χ0n) is 10.8. The van der Waals surface area contributed by atoms with Gasteiger partial charge in [0.05, 0.1) is 13.2 Å². The molecule has 0 unspecified atom stereocenters. The first-order valence-electron chi connectivity index (χ1n) is 5.85. The standard InChI is InChI=1S/C13H18N2O3S/c1-17-6-7-18-9-12(16)15-8-10-2-4-11(5-3-10)13(14)19/h2-5H,6-9H2,1H3,(H2,14,19)(H,15,16). The van der Waals surface area contributed by atoms with Gasteiger partial charge in [-0.1, -0.05) is 36.5 Å². The van der Waals surface area contributed by atoms with Gasteiger partial charge in [0.25, 0.3) is 0 Å². The van der Waals surface area contributed by atoms with Gasteiger partial charge in [-0.2, -0.15) is 0 Å². The highest BCUT2D eigenvalue weighted by Gasteiger charge is 2.02. The molecule has 0 saturated heterocycles. The van der Waals surface area contributed by atoms with E-state index >= 15 is 0 Å². The molecule has 0 spiro atoms. The fourth-order valence-corrected chi connectivity index (χ4v) is 1.48. The normalized spacial score (nSPS) is 10.2. The average Bonchev–Trinajstić information content (AvgIpc) is 2.42. The molecule has 5 nitrogen and oxygen atoms in total. The van der Waals surface area contributed by atoms with Gasteiger partial charge in [-0.15, -0.1) is 0 Å². The molecular formula is C13H18N2O3S. The summed E-state index contributed by atoms with van der Waals surface area (Å²) in [6.07, 6.45) is 0. The van der Waals surface area contributed by atoms with Gasteiger partial charge in [-0.3, -0.25) is 4.79 Å². The Hall–Kier alpha value is -1.50. The largest absolute Gasteiger partial charge is 0.389 e. The summed E-state index contributed by atoms with van der Waals surface area (Å²) in [5, 5.41) is 2.76. The van der Waals surface area contributed by atoms with Crippen LogP contribution in [-0.2, 0) is 20.8 Å². The fraction of sp³-hybridized carbons (Fsp3) is 0.385. The molecule has 1 aromatic rings. The number of amides is 1. The highest BCUT2D eigenvalue weighted by Crippen LogP contribution is 2.04. The minimum atomic E-state index is -0.158.